The third-order valence-electron chi connectivity index (χ3n) is 4.81. The van der Waals surface area contributed by atoms with Gasteiger partial charge in [0, 0.05) is 18.7 Å². The van der Waals surface area contributed by atoms with Crippen LogP contribution in [0.25, 0.3) is 10.8 Å². The molecule has 0 saturated carbocycles. The van der Waals surface area contributed by atoms with Crippen LogP contribution in [0, 0.1) is 0 Å². The number of ether oxygens (including phenoxy) is 1. The summed E-state index contributed by atoms with van der Waals surface area (Å²) in [6, 6.07) is 21.7. The van der Waals surface area contributed by atoms with Gasteiger partial charge in [-0.2, -0.15) is 0 Å². The van der Waals surface area contributed by atoms with Crippen LogP contribution in [0.2, 0.25) is 0 Å². The highest BCUT2D eigenvalue weighted by Gasteiger charge is 2.13. The lowest BCUT2D eigenvalue weighted by Crippen LogP contribution is -2.16. The Morgan fingerprint density at radius 1 is 0.852 bits per heavy atom. The quantitative estimate of drug-likeness (QED) is 0.563. The molecule has 0 bridgehead atoms. The molecule has 27 heavy (non-hydrogen) atoms. The monoisotopic (exact) mass is 361 g/mol. The Bertz CT molecular complexity index is 888. The molecule has 3 aromatic carbocycles. The summed E-state index contributed by atoms with van der Waals surface area (Å²) in [4.78, 5) is 0. The second-order valence-electron chi connectivity index (χ2n) is 8.48. The lowest BCUT2D eigenvalue weighted by atomic mass is 9.87. The smallest absolute Gasteiger partial charge is 0.124 e. The number of rotatable bonds is 6. The van der Waals surface area contributed by atoms with E-state index in [-0.39, 0.29) is 11.5 Å². The van der Waals surface area contributed by atoms with E-state index >= 15 is 0 Å². The van der Waals surface area contributed by atoms with Gasteiger partial charge in [0.15, 0.2) is 0 Å². The molecule has 0 spiro atoms. The van der Waals surface area contributed by atoms with Crippen molar-refractivity contribution in [2.75, 3.05) is 0 Å². The average molecular weight is 362 g/mol. The molecule has 1 N–H and O–H groups in total. The predicted octanol–water partition coefficient (Wildman–Crippen LogP) is 6.21. The molecule has 0 aliphatic heterocycles. The maximum Gasteiger partial charge on any atom is 0.124 e. The summed E-state index contributed by atoms with van der Waals surface area (Å²) < 4.78 is 6.07. The van der Waals surface area contributed by atoms with E-state index in [9.17, 15) is 0 Å². The van der Waals surface area contributed by atoms with Crippen LogP contribution in [0.4, 0.5) is 0 Å². The van der Waals surface area contributed by atoms with E-state index in [1.165, 1.54) is 27.5 Å². The van der Waals surface area contributed by atoms with Crippen molar-refractivity contribution < 1.29 is 4.74 Å². The lowest BCUT2D eigenvalue weighted by Gasteiger charge is -2.19. The fourth-order valence-electron chi connectivity index (χ4n) is 3.32. The number of hydrogen-bond donors (Lipinski definition) is 1. The minimum Gasteiger partial charge on any atom is -0.491 e. The first-order valence-electron chi connectivity index (χ1n) is 9.82. The van der Waals surface area contributed by atoms with Crippen LogP contribution in [0.5, 0.6) is 5.75 Å². The topological polar surface area (TPSA) is 21.3 Å². The standard InChI is InChI=1S/C25H31NO/c1-18(2)27-24-15-12-20-8-6-7-9-22(20)23(24)17-26-16-19-10-13-21(14-11-19)25(3,4)5/h6-15,18,26H,16-17H2,1-5H3. The molecule has 0 heterocycles. The Hall–Kier alpha value is -2.32. The van der Waals surface area contributed by atoms with Gasteiger partial charge in [0.2, 0.25) is 0 Å². The molecule has 0 fully saturated rings. The Morgan fingerprint density at radius 3 is 2.22 bits per heavy atom. The molecule has 2 heteroatoms. The molecular formula is C25H31NO. The van der Waals surface area contributed by atoms with Gasteiger partial charge in [-0.1, -0.05) is 75.4 Å². The van der Waals surface area contributed by atoms with Crippen LogP contribution in [-0.2, 0) is 18.5 Å². The first-order chi connectivity index (χ1) is 12.8. The summed E-state index contributed by atoms with van der Waals surface area (Å²) in [7, 11) is 0. The van der Waals surface area contributed by atoms with Gasteiger partial charge in [0.1, 0.15) is 5.75 Å². The third kappa shape index (κ3) is 4.90. The maximum atomic E-state index is 6.07. The third-order valence-corrected chi connectivity index (χ3v) is 4.81. The van der Waals surface area contributed by atoms with Gasteiger partial charge in [-0.25, -0.2) is 0 Å². The molecule has 0 aliphatic rings. The highest BCUT2D eigenvalue weighted by Crippen LogP contribution is 2.29. The highest BCUT2D eigenvalue weighted by molar-refractivity contribution is 5.87. The molecule has 0 aromatic heterocycles. The van der Waals surface area contributed by atoms with E-state index in [1.54, 1.807) is 0 Å². The van der Waals surface area contributed by atoms with Crippen LogP contribution in [-0.4, -0.2) is 6.10 Å². The molecule has 3 aromatic rings. The van der Waals surface area contributed by atoms with Gasteiger partial charge in [-0.05, 0) is 47.2 Å². The number of fused-ring (bicyclic) bond motifs is 1. The Labute approximate surface area is 163 Å². The van der Waals surface area contributed by atoms with E-state index in [0.717, 1.165) is 18.8 Å². The summed E-state index contributed by atoms with van der Waals surface area (Å²) in [5, 5.41) is 6.11. The van der Waals surface area contributed by atoms with Crippen LogP contribution in [0.1, 0.15) is 51.3 Å². The van der Waals surface area contributed by atoms with Gasteiger partial charge >= 0.3 is 0 Å². The molecule has 3 rings (SSSR count). The lowest BCUT2D eigenvalue weighted by molar-refractivity contribution is 0.240. The first-order valence-corrected chi connectivity index (χ1v) is 9.82. The fraction of sp³-hybridized carbons (Fsp3) is 0.360. The first kappa shape index (κ1) is 19.4. The average Bonchev–Trinajstić information content (AvgIpc) is 2.62. The van der Waals surface area contributed by atoms with E-state index in [0.29, 0.717) is 0 Å². The molecule has 2 nitrogen and oxygen atoms in total. The number of hydrogen-bond acceptors (Lipinski definition) is 2. The minimum absolute atomic E-state index is 0.162. The van der Waals surface area contributed by atoms with Crippen molar-refractivity contribution in [3.63, 3.8) is 0 Å². The predicted molar refractivity (Wildman–Crippen MR) is 115 cm³/mol. The summed E-state index contributed by atoms with van der Waals surface area (Å²) in [5.74, 6) is 0.972. The van der Waals surface area contributed by atoms with Crippen molar-refractivity contribution in [2.45, 2.75) is 59.2 Å². The summed E-state index contributed by atoms with van der Waals surface area (Å²) >= 11 is 0. The van der Waals surface area contributed by atoms with E-state index in [2.05, 4.69) is 101 Å². The van der Waals surface area contributed by atoms with Gasteiger partial charge in [0.25, 0.3) is 0 Å². The van der Waals surface area contributed by atoms with Crippen molar-refractivity contribution in [1.82, 2.24) is 5.32 Å². The van der Waals surface area contributed by atoms with Crippen LogP contribution in [0.15, 0.2) is 60.7 Å². The van der Waals surface area contributed by atoms with Crippen LogP contribution < -0.4 is 10.1 Å². The molecule has 0 unspecified atom stereocenters. The van der Waals surface area contributed by atoms with Gasteiger partial charge < -0.3 is 10.1 Å². The molecule has 0 atom stereocenters. The van der Waals surface area contributed by atoms with Crippen molar-refractivity contribution >= 4 is 10.8 Å². The Balaban J connectivity index is 1.76. The van der Waals surface area contributed by atoms with Crippen LogP contribution >= 0.6 is 0 Å². The Morgan fingerprint density at radius 2 is 1.56 bits per heavy atom. The van der Waals surface area contributed by atoms with E-state index in [4.69, 9.17) is 4.74 Å². The summed E-state index contributed by atoms with van der Waals surface area (Å²) in [6.07, 6.45) is 0.162. The maximum absolute atomic E-state index is 6.07. The Kier molecular flexibility index (Phi) is 5.86. The zero-order valence-corrected chi connectivity index (χ0v) is 17.2. The molecule has 0 saturated heterocycles. The fourth-order valence-corrected chi connectivity index (χ4v) is 3.32. The SMILES string of the molecule is CC(C)Oc1ccc2ccccc2c1CNCc1ccc(C(C)(C)C)cc1. The molecule has 0 aliphatic carbocycles. The second kappa shape index (κ2) is 8.14. The number of benzene rings is 3. The van der Waals surface area contributed by atoms with E-state index in [1.807, 2.05) is 0 Å². The van der Waals surface area contributed by atoms with Crippen molar-refractivity contribution in [3.05, 3.63) is 77.4 Å². The van der Waals surface area contributed by atoms with Crippen LogP contribution in [0.3, 0.4) is 0 Å². The number of nitrogens with one attached hydrogen (secondary N) is 1. The molecular weight excluding hydrogens is 330 g/mol. The summed E-state index contributed by atoms with van der Waals surface area (Å²) in [6.45, 7) is 12.5. The van der Waals surface area contributed by atoms with E-state index < -0.39 is 0 Å². The second-order valence-corrected chi connectivity index (χ2v) is 8.48. The van der Waals surface area contributed by atoms with Gasteiger partial charge in [0.05, 0.1) is 6.10 Å². The van der Waals surface area contributed by atoms with Crippen molar-refractivity contribution in [1.29, 1.82) is 0 Å². The zero-order valence-electron chi connectivity index (χ0n) is 17.2. The summed E-state index contributed by atoms with van der Waals surface area (Å²) in [5.41, 5.74) is 4.09. The minimum atomic E-state index is 0.162. The van der Waals surface area contributed by atoms with Crippen molar-refractivity contribution in [3.8, 4) is 5.75 Å². The molecule has 0 amide bonds. The van der Waals surface area contributed by atoms with Gasteiger partial charge in [-0.3, -0.25) is 0 Å². The normalized spacial score (nSPS) is 11.9. The van der Waals surface area contributed by atoms with Crippen molar-refractivity contribution in [2.24, 2.45) is 0 Å². The molecule has 0 radical (unpaired) electrons. The largest absolute Gasteiger partial charge is 0.491 e. The molecule has 142 valence electrons. The zero-order chi connectivity index (χ0) is 19.4. The van der Waals surface area contributed by atoms with Gasteiger partial charge in [-0.15, -0.1) is 0 Å². The highest BCUT2D eigenvalue weighted by atomic mass is 16.5.